The molecule has 3 heterocycles. The van der Waals surface area contributed by atoms with Crippen LogP contribution in [0.2, 0.25) is 0 Å². The van der Waals surface area contributed by atoms with Gasteiger partial charge in [-0.15, -0.1) is 10.2 Å². The van der Waals surface area contributed by atoms with E-state index in [0.29, 0.717) is 22.5 Å². The number of aromatic carboxylic acids is 1. The van der Waals surface area contributed by atoms with Crippen molar-refractivity contribution in [1.82, 2.24) is 24.6 Å². The number of rotatable bonds is 3. The zero-order valence-electron chi connectivity index (χ0n) is 12.6. The van der Waals surface area contributed by atoms with E-state index in [0.717, 1.165) is 11.3 Å². The summed E-state index contributed by atoms with van der Waals surface area (Å²) in [5.41, 5.74) is 2.91. The van der Waals surface area contributed by atoms with Crippen molar-refractivity contribution in [1.29, 1.82) is 0 Å². The van der Waals surface area contributed by atoms with E-state index >= 15 is 0 Å². The number of anilines is 2. The van der Waals surface area contributed by atoms with Crippen LogP contribution in [0.25, 0.3) is 16.6 Å². The predicted octanol–water partition coefficient (Wildman–Crippen LogP) is 2.42. The van der Waals surface area contributed by atoms with Gasteiger partial charge in [-0.2, -0.15) is 0 Å². The van der Waals surface area contributed by atoms with Crippen molar-refractivity contribution >= 4 is 34.2 Å². The number of hydrogen-bond donors (Lipinski definition) is 2. The average Bonchev–Trinajstić information content (AvgIpc) is 3.01. The topological polar surface area (TPSA) is 105 Å². The molecule has 0 aliphatic carbocycles. The summed E-state index contributed by atoms with van der Waals surface area (Å²) in [6.45, 7) is 1.97. The lowest BCUT2D eigenvalue weighted by Crippen LogP contribution is -2.09. The normalized spacial score (nSPS) is 11.0. The molecule has 0 unspecified atom stereocenters. The van der Waals surface area contributed by atoms with E-state index in [-0.39, 0.29) is 5.82 Å². The summed E-state index contributed by atoms with van der Waals surface area (Å²) in [5.74, 6) is -1.06. The first-order valence-corrected chi connectivity index (χ1v) is 7.19. The Morgan fingerprint density at radius 3 is 2.92 bits per heavy atom. The average molecular weight is 320 g/mol. The molecule has 0 radical (unpaired) electrons. The largest absolute Gasteiger partial charge is 0.475 e. The Bertz CT molecular complexity index is 1090. The molecule has 118 valence electrons. The third-order valence-electron chi connectivity index (χ3n) is 3.61. The number of aromatic nitrogens is 5. The first-order valence-electron chi connectivity index (χ1n) is 7.19. The summed E-state index contributed by atoms with van der Waals surface area (Å²) in [5, 5.41) is 20.9. The molecule has 0 saturated carbocycles. The summed E-state index contributed by atoms with van der Waals surface area (Å²) in [7, 11) is 0. The summed E-state index contributed by atoms with van der Waals surface area (Å²) in [6.07, 6.45) is 3.21. The minimum absolute atomic E-state index is 0.210. The first-order chi connectivity index (χ1) is 11.6. The molecule has 3 aromatic heterocycles. The van der Waals surface area contributed by atoms with Crippen LogP contribution in [0.3, 0.4) is 0 Å². The molecule has 1 aromatic carbocycles. The lowest BCUT2D eigenvalue weighted by molar-refractivity contribution is 0.0682. The summed E-state index contributed by atoms with van der Waals surface area (Å²) < 4.78 is 1.38. The third kappa shape index (κ3) is 2.21. The van der Waals surface area contributed by atoms with Crippen molar-refractivity contribution in [3.05, 3.63) is 54.1 Å². The van der Waals surface area contributed by atoms with E-state index in [9.17, 15) is 9.90 Å². The maximum absolute atomic E-state index is 11.5. The molecule has 0 spiro atoms. The van der Waals surface area contributed by atoms with Gasteiger partial charge < -0.3 is 10.4 Å². The summed E-state index contributed by atoms with van der Waals surface area (Å²) >= 11 is 0. The van der Waals surface area contributed by atoms with Crippen molar-refractivity contribution in [2.45, 2.75) is 6.92 Å². The zero-order valence-corrected chi connectivity index (χ0v) is 12.6. The second kappa shape index (κ2) is 5.27. The van der Waals surface area contributed by atoms with E-state index < -0.39 is 5.97 Å². The van der Waals surface area contributed by atoms with Gasteiger partial charge >= 0.3 is 5.97 Å². The van der Waals surface area contributed by atoms with Gasteiger partial charge in [0.05, 0.1) is 10.9 Å². The number of hydrogen-bond acceptors (Lipinski definition) is 6. The van der Waals surface area contributed by atoms with Crippen LogP contribution in [0.4, 0.5) is 11.6 Å². The molecule has 0 atom stereocenters. The van der Waals surface area contributed by atoms with E-state index in [1.165, 1.54) is 4.40 Å². The number of fused-ring (bicyclic) bond motifs is 3. The van der Waals surface area contributed by atoms with Gasteiger partial charge in [0.15, 0.2) is 5.65 Å². The number of nitrogens with zero attached hydrogens (tertiary/aromatic N) is 5. The van der Waals surface area contributed by atoms with Gasteiger partial charge in [-0.05, 0) is 30.7 Å². The summed E-state index contributed by atoms with van der Waals surface area (Å²) in [4.78, 5) is 20.0. The Labute approximate surface area is 135 Å². The smallest absolute Gasteiger partial charge is 0.374 e. The van der Waals surface area contributed by atoms with Crippen LogP contribution in [-0.4, -0.2) is 35.6 Å². The molecule has 0 amide bonds. The van der Waals surface area contributed by atoms with Crippen molar-refractivity contribution in [3.63, 3.8) is 0 Å². The van der Waals surface area contributed by atoms with Gasteiger partial charge in [-0.25, -0.2) is 14.2 Å². The van der Waals surface area contributed by atoms with E-state index in [1.807, 2.05) is 31.2 Å². The molecule has 8 nitrogen and oxygen atoms in total. The Morgan fingerprint density at radius 1 is 1.25 bits per heavy atom. The van der Waals surface area contributed by atoms with Crippen LogP contribution in [0.5, 0.6) is 0 Å². The monoisotopic (exact) mass is 320 g/mol. The SMILES string of the molecule is Cc1cccc(Nc2nc3ccncc3c3nnc(C(=O)O)n23)c1. The van der Waals surface area contributed by atoms with Crippen molar-refractivity contribution < 1.29 is 9.90 Å². The number of pyridine rings is 1. The zero-order chi connectivity index (χ0) is 16.7. The molecule has 0 aliphatic rings. The Morgan fingerprint density at radius 2 is 2.12 bits per heavy atom. The molecule has 2 N–H and O–H groups in total. The molecule has 24 heavy (non-hydrogen) atoms. The molecular formula is C16H12N6O2. The quantitative estimate of drug-likeness (QED) is 0.597. The van der Waals surface area contributed by atoms with Gasteiger partial charge in [0.2, 0.25) is 11.8 Å². The molecule has 4 rings (SSSR count). The van der Waals surface area contributed by atoms with Crippen molar-refractivity contribution in [2.24, 2.45) is 0 Å². The fourth-order valence-corrected chi connectivity index (χ4v) is 2.55. The minimum atomic E-state index is -1.18. The molecule has 8 heteroatoms. The lowest BCUT2D eigenvalue weighted by atomic mass is 10.2. The maximum Gasteiger partial charge on any atom is 0.374 e. The molecule has 0 fully saturated rings. The Hall–Kier alpha value is -3.55. The molecule has 0 bridgehead atoms. The van der Waals surface area contributed by atoms with Gasteiger partial charge in [0, 0.05) is 18.1 Å². The molecule has 0 aliphatic heterocycles. The van der Waals surface area contributed by atoms with E-state index in [2.05, 4.69) is 25.5 Å². The van der Waals surface area contributed by atoms with Gasteiger partial charge in [-0.3, -0.25) is 4.98 Å². The highest BCUT2D eigenvalue weighted by atomic mass is 16.4. The van der Waals surface area contributed by atoms with Gasteiger partial charge in [0.25, 0.3) is 0 Å². The molecule has 4 aromatic rings. The molecule has 0 saturated heterocycles. The Balaban J connectivity index is 2.00. The highest BCUT2D eigenvalue weighted by molar-refractivity contribution is 5.94. The van der Waals surface area contributed by atoms with Crippen LogP contribution < -0.4 is 5.32 Å². The highest BCUT2D eigenvalue weighted by Gasteiger charge is 2.19. The minimum Gasteiger partial charge on any atom is -0.475 e. The number of benzene rings is 1. The standard InChI is InChI=1S/C16H12N6O2/c1-9-3-2-4-10(7-9)18-16-19-12-5-6-17-8-11(12)13-20-21-14(15(23)24)22(13)16/h2-8H,1H3,(H,18,19)(H,23,24). The second-order valence-corrected chi connectivity index (χ2v) is 5.31. The first kappa shape index (κ1) is 14.1. The fourth-order valence-electron chi connectivity index (χ4n) is 2.55. The summed E-state index contributed by atoms with van der Waals surface area (Å²) in [6, 6.07) is 9.44. The Kier molecular flexibility index (Phi) is 3.09. The van der Waals surface area contributed by atoms with Crippen LogP contribution in [0, 0.1) is 6.92 Å². The van der Waals surface area contributed by atoms with E-state index in [4.69, 9.17) is 0 Å². The maximum atomic E-state index is 11.5. The fraction of sp³-hybridized carbons (Fsp3) is 0.0625. The van der Waals surface area contributed by atoms with Crippen molar-refractivity contribution in [3.8, 4) is 0 Å². The number of nitrogens with one attached hydrogen (secondary N) is 1. The van der Waals surface area contributed by atoms with Crippen LogP contribution in [-0.2, 0) is 0 Å². The van der Waals surface area contributed by atoms with E-state index in [1.54, 1.807) is 18.5 Å². The van der Waals surface area contributed by atoms with Crippen molar-refractivity contribution in [2.75, 3.05) is 5.32 Å². The van der Waals surface area contributed by atoms with Crippen LogP contribution in [0.15, 0.2) is 42.7 Å². The van der Waals surface area contributed by atoms with Gasteiger partial charge in [0.1, 0.15) is 0 Å². The predicted molar refractivity (Wildman–Crippen MR) is 87.5 cm³/mol. The number of aryl methyl sites for hydroxylation is 1. The number of carbonyl (C=O) groups is 1. The van der Waals surface area contributed by atoms with Crippen LogP contribution in [0.1, 0.15) is 16.2 Å². The molecular weight excluding hydrogens is 308 g/mol. The number of carboxylic acid groups (broad SMARTS) is 1. The lowest BCUT2D eigenvalue weighted by Gasteiger charge is -2.10. The number of carboxylic acids is 1. The van der Waals surface area contributed by atoms with Gasteiger partial charge in [-0.1, -0.05) is 12.1 Å². The third-order valence-corrected chi connectivity index (χ3v) is 3.61. The van der Waals surface area contributed by atoms with Crippen LogP contribution >= 0.6 is 0 Å². The second-order valence-electron chi connectivity index (χ2n) is 5.31. The highest BCUT2D eigenvalue weighted by Crippen LogP contribution is 2.23.